The van der Waals surface area contributed by atoms with Gasteiger partial charge < -0.3 is 19.5 Å². The van der Waals surface area contributed by atoms with Gasteiger partial charge in [0.1, 0.15) is 5.69 Å². The molecule has 0 spiro atoms. The van der Waals surface area contributed by atoms with Gasteiger partial charge in [0.25, 0.3) is 0 Å². The average molecular weight is 235 g/mol. The lowest BCUT2D eigenvalue weighted by Crippen LogP contribution is -1.91. The van der Waals surface area contributed by atoms with Crippen molar-refractivity contribution in [1.29, 1.82) is 0 Å². The SMILES string of the molecule is COc1ccc(-c2cc(C(=O)O)on2)cc1O. The minimum atomic E-state index is -1.19. The summed E-state index contributed by atoms with van der Waals surface area (Å²) in [5.74, 6) is -1.17. The summed E-state index contributed by atoms with van der Waals surface area (Å²) >= 11 is 0. The van der Waals surface area contributed by atoms with E-state index in [2.05, 4.69) is 9.68 Å². The summed E-state index contributed by atoms with van der Waals surface area (Å²) in [5, 5.41) is 21.8. The summed E-state index contributed by atoms with van der Waals surface area (Å²) in [4.78, 5) is 10.6. The van der Waals surface area contributed by atoms with Crippen molar-refractivity contribution < 1.29 is 24.3 Å². The van der Waals surface area contributed by atoms with E-state index in [9.17, 15) is 9.90 Å². The summed E-state index contributed by atoms with van der Waals surface area (Å²) in [5.41, 5.74) is 0.875. The quantitative estimate of drug-likeness (QED) is 0.841. The molecule has 0 aliphatic carbocycles. The highest BCUT2D eigenvalue weighted by Gasteiger charge is 2.13. The molecule has 0 aliphatic heterocycles. The zero-order valence-corrected chi connectivity index (χ0v) is 8.88. The molecular formula is C11H9NO5. The molecule has 2 N–H and O–H groups in total. The van der Waals surface area contributed by atoms with Gasteiger partial charge in [-0.1, -0.05) is 5.16 Å². The molecule has 0 saturated heterocycles. The fourth-order valence-corrected chi connectivity index (χ4v) is 1.36. The lowest BCUT2D eigenvalue weighted by atomic mass is 10.1. The van der Waals surface area contributed by atoms with E-state index in [1.165, 1.54) is 19.2 Å². The van der Waals surface area contributed by atoms with E-state index in [1.54, 1.807) is 12.1 Å². The van der Waals surface area contributed by atoms with E-state index in [1.807, 2.05) is 0 Å². The number of phenols is 1. The summed E-state index contributed by atoms with van der Waals surface area (Å²) < 4.78 is 9.51. The van der Waals surface area contributed by atoms with Gasteiger partial charge in [-0.2, -0.15) is 0 Å². The molecule has 2 aromatic rings. The molecule has 6 nitrogen and oxygen atoms in total. The fourth-order valence-electron chi connectivity index (χ4n) is 1.36. The smallest absolute Gasteiger partial charge is 0.374 e. The van der Waals surface area contributed by atoms with Gasteiger partial charge in [-0.15, -0.1) is 0 Å². The van der Waals surface area contributed by atoms with Crippen LogP contribution in [0.3, 0.4) is 0 Å². The van der Waals surface area contributed by atoms with Crippen molar-refractivity contribution in [3.05, 3.63) is 30.0 Å². The zero-order valence-electron chi connectivity index (χ0n) is 8.88. The van der Waals surface area contributed by atoms with Crippen LogP contribution in [0.15, 0.2) is 28.8 Å². The Morgan fingerprint density at radius 2 is 2.18 bits per heavy atom. The fraction of sp³-hybridized carbons (Fsp3) is 0.0909. The molecule has 1 aromatic heterocycles. The number of hydrogen-bond acceptors (Lipinski definition) is 5. The first-order chi connectivity index (χ1) is 8.11. The van der Waals surface area contributed by atoms with Crippen LogP contribution in [0.1, 0.15) is 10.6 Å². The summed E-state index contributed by atoms with van der Waals surface area (Å²) in [7, 11) is 1.44. The molecule has 1 aromatic carbocycles. The number of carbonyl (C=O) groups is 1. The molecule has 0 aliphatic rings. The van der Waals surface area contributed by atoms with Gasteiger partial charge in [0.15, 0.2) is 11.5 Å². The van der Waals surface area contributed by atoms with E-state index in [4.69, 9.17) is 9.84 Å². The van der Waals surface area contributed by atoms with Crippen LogP contribution in [-0.4, -0.2) is 28.4 Å². The minimum absolute atomic E-state index is 0.0510. The standard InChI is InChI=1S/C11H9NO5/c1-16-9-3-2-6(4-8(9)13)7-5-10(11(14)15)17-12-7/h2-5,13H,1H3,(H,14,15). The van der Waals surface area contributed by atoms with Gasteiger partial charge in [-0.05, 0) is 18.2 Å². The first-order valence-corrected chi connectivity index (χ1v) is 4.69. The highest BCUT2D eigenvalue weighted by molar-refractivity contribution is 5.85. The van der Waals surface area contributed by atoms with Crippen molar-refractivity contribution in [2.24, 2.45) is 0 Å². The summed E-state index contributed by atoms with van der Waals surface area (Å²) in [6.07, 6.45) is 0. The lowest BCUT2D eigenvalue weighted by molar-refractivity contribution is 0.0652. The molecule has 0 unspecified atom stereocenters. The first kappa shape index (κ1) is 11.0. The second-order valence-corrected chi connectivity index (χ2v) is 3.27. The van der Waals surface area contributed by atoms with Gasteiger partial charge in [0.2, 0.25) is 5.76 Å². The first-order valence-electron chi connectivity index (χ1n) is 4.69. The Morgan fingerprint density at radius 1 is 1.41 bits per heavy atom. The second-order valence-electron chi connectivity index (χ2n) is 3.27. The molecular weight excluding hydrogens is 226 g/mol. The second kappa shape index (κ2) is 4.17. The molecule has 88 valence electrons. The maximum atomic E-state index is 10.6. The number of carboxylic acids is 1. The summed E-state index contributed by atoms with van der Waals surface area (Å²) in [6.45, 7) is 0. The molecule has 0 bridgehead atoms. The number of methoxy groups -OCH3 is 1. The maximum Gasteiger partial charge on any atom is 0.374 e. The van der Waals surface area contributed by atoms with Crippen molar-refractivity contribution in [2.45, 2.75) is 0 Å². The summed E-state index contributed by atoms with van der Waals surface area (Å²) in [6, 6.07) is 5.90. The average Bonchev–Trinajstić information content (AvgIpc) is 2.78. The van der Waals surface area contributed by atoms with Gasteiger partial charge in [-0.25, -0.2) is 4.79 Å². The van der Waals surface area contributed by atoms with Crippen LogP contribution in [0.4, 0.5) is 0 Å². The van der Waals surface area contributed by atoms with Crippen LogP contribution in [-0.2, 0) is 0 Å². The van der Waals surface area contributed by atoms with E-state index in [0.29, 0.717) is 17.0 Å². The van der Waals surface area contributed by atoms with Crippen molar-refractivity contribution in [1.82, 2.24) is 5.16 Å². The molecule has 0 saturated carbocycles. The van der Waals surface area contributed by atoms with Crippen molar-refractivity contribution in [2.75, 3.05) is 7.11 Å². The number of phenolic OH excluding ortho intramolecular Hbond substituents is 1. The van der Waals surface area contributed by atoms with Crippen LogP contribution in [0.2, 0.25) is 0 Å². The Morgan fingerprint density at radius 3 is 2.71 bits per heavy atom. The number of ether oxygens (including phenoxy) is 1. The third-order valence-electron chi connectivity index (χ3n) is 2.20. The largest absolute Gasteiger partial charge is 0.504 e. The third kappa shape index (κ3) is 2.05. The van der Waals surface area contributed by atoms with Gasteiger partial charge in [0.05, 0.1) is 7.11 Å². The molecule has 6 heteroatoms. The Hall–Kier alpha value is -2.50. The van der Waals surface area contributed by atoms with Crippen molar-refractivity contribution >= 4 is 5.97 Å². The van der Waals surface area contributed by atoms with E-state index in [0.717, 1.165) is 0 Å². The topological polar surface area (TPSA) is 92.8 Å². The molecule has 17 heavy (non-hydrogen) atoms. The van der Waals surface area contributed by atoms with Crippen LogP contribution >= 0.6 is 0 Å². The maximum absolute atomic E-state index is 10.6. The van der Waals surface area contributed by atoms with Gasteiger partial charge in [-0.3, -0.25) is 0 Å². The number of aromatic carboxylic acids is 1. The minimum Gasteiger partial charge on any atom is -0.504 e. The lowest BCUT2D eigenvalue weighted by Gasteiger charge is -2.03. The highest BCUT2D eigenvalue weighted by atomic mass is 16.5. The van der Waals surface area contributed by atoms with Crippen LogP contribution in [0, 0.1) is 0 Å². The van der Waals surface area contributed by atoms with Crippen LogP contribution in [0.5, 0.6) is 11.5 Å². The van der Waals surface area contributed by atoms with Crippen molar-refractivity contribution in [3.8, 4) is 22.8 Å². The third-order valence-corrected chi connectivity index (χ3v) is 2.20. The number of nitrogens with zero attached hydrogens (tertiary/aromatic N) is 1. The van der Waals surface area contributed by atoms with Crippen LogP contribution < -0.4 is 4.74 Å². The predicted molar refractivity (Wildman–Crippen MR) is 57.1 cm³/mol. The number of aromatic hydroxyl groups is 1. The molecule has 0 fully saturated rings. The number of carboxylic acid groups (broad SMARTS) is 1. The number of hydrogen-bond donors (Lipinski definition) is 2. The van der Waals surface area contributed by atoms with Gasteiger partial charge in [0, 0.05) is 11.6 Å². The normalized spacial score (nSPS) is 10.2. The van der Waals surface area contributed by atoms with E-state index < -0.39 is 5.97 Å². The molecule has 0 amide bonds. The van der Waals surface area contributed by atoms with Crippen LogP contribution in [0.25, 0.3) is 11.3 Å². The molecule has 0 atom stereocenters. The number of benzene rings is 1. The van der Waals surface area contributed by atoms with Gasteiger partial charge >= 0.3 is 5.97 Å². The van der Waals surface area contributed by atoms with E-state index in [-0.39, 0.29) is 11.5 Å². The highest BCUT2D eigenvalue weighted by Crippen LogP contribution is 2.30. The zero-order chi connectivity index (χ0) is 12.4. The Kier molecular flexibility index (Phi) is 2.70. The Labute approximate surface area is 96.0 Å². The van der Waals surface area contributed by atoms with E-state index >= 15 is 0 Å². The Balaban J connectivity index is 2.39. The van der Waals surface area contributed by atoms with Crippen molar-refractivity contribution in [3.63, 3.8) is 0 Å². The monoisotopic (exact) mass is 235 g/mol. The molecule has 2 rings (SSSR count). The molecule has 1 heterocycles. The predicted octanol–water partition coefficient (Wildman–Crippen LogP) is 1.75. The molecule has 0 radical (unpaired) electrons. The number of rotatable bonds is 3. The number of aromatic nitrogens is 1. The Bertz CT molecular complexity index is 561.